The standard InChI is InChI=1S/C24H21FN6O/c1-14-19(16-7-17-12-30-22(26-2)10-20(17)29-11-16)9-18(13-28-14)31-23(32)15-3-6-27-21(8-15)24(25)4-5-24/h3,6-13H,4-5H2,1-2H3,(H,26,30)(H,31,32). The number of carbonyl (C=O) groups excluding carboxylic acids is 1. The number of aromatic nitrogens is 4. The van der Waals surface area contributed by atoms with Gasteiger partial charge >= 0.3 is 0 Å². The third kappa shape index (κ3) is 3.75. The van der Waals surface area contributed by atoms with E-state index in [1.165, 1.54) is 12.3 Å². The summed E-state index contributed by atoms with van der Waals surface area (Å²) in [6.45, 7) is 1.90. The molecule has 32 heavy (non-hydrogen) atoms. The summed E-state index contributed by atoms with van der Waals surface area (Å²) in [6, 6.07) is 8.83. The van der Waals surface area contributed by atoms with Crippen molar-refractivity contribution in [2.75, 3.05) is 17.7 Å². The highest BCUT2D eigenvalue weighted by molar-refractivity contribution is 6.04. The van der Waals surface area contributed by atoms with Gasteiger partial charge in [-0.3, -0.25) is 19.7 Å². The summed E-state index contributed by atoms with van der Waals surface area (Å²) in [6.07, 6.45) is 7.51. The Labute approximate surface area is 184 Å². The molecule has 8 heteroatoms. The average Bonchev–Trinajstić information content (AvgIpc) is 3.58. The molecule has 0 bridgehead atoms. The Bertz CT molecular complexity index is 1350. The molecular formula is C24H21FN6O. The van der Waals surface area contributed by atoms with Gasteiger partial charge < -0.3 is 10.6 Å². The van der Waals surface area contributed by atoms with Crippen molar-refractivity contribution in [1.29, 1.82) is 0 Å². The highest BCUT2D eigenvalue weighted by Gasteiger charge is 2.46. The lowest BCUT2D eigenvalue weighted by molar-refractivity contribution is 0.102. The fourth-order valence-corrected chi connectivity index (χ4v) is 3.59. The molecule has 0 aliphatic heterocycles. The van der Waals surface area contributed by atoms with E-state index in [2.05, 4.69) is 30.6 Å². The molecule has 7 nitrogen and oxygen atoms in total. The first kappa shape index (κ1) is 20.0. The summed E-state index contributed by atoms with van der Waals surface area (Å²) in [5, 5.41) is 6.76. The van der Waals surface area contributed by atoms with Gasteiger partial charge in [-0.05, 0) is 44.0 Å². The fraction of sp³-hybridized carbons (Fsp3) is 0.208. The summed E-state index contributed by atoms with van der Waals surface area (Å²) in [4.78, 5) is 30.2. The smallest absolute Gasteiger partial charge is 0.255 e. The second kappa shape index (κ2) is 7.64. The van der Waals surface area contributed by atoms with Crippen molar-refractivity contribution in [3.05, 3.63) is 72.1 Å². The predicted molar refractivity (Wildman–Crippen MR) is 121 cm³/mol. The van der Waals surface area contributed by atoms with Crippen LogP contribution in [0.2, 0.25) is 0 Å². The zero-order valence-corrected chi connectivity index (χ0v) is 17.7. The number of pyridine rings is 4. The van der Waals surface area contributed by atoms with Crippen molar-refractivity contribution in [3.8, 4) is 11.1 Å². The van der Waals surface area contributed by atoms with E-state index in [4.69, 9.17) is 0 Å². The SMILES string of the molecule is CNc1cc2ncc(-c3cc(NC(=O)c4ccnc(C5(F)CC5)c4)cnc3C)cc2cn1. The molecule has 2 N–H and O–H groups in total. The summed E-state index contributed by atoms with van der Waals surface area (Å²) in [7, 11) is 1.81. The summed E-state index contributed by atoms with van der Waals surface area (Å²) in [5.74, 6) is 0.412. The first-order chi connectivity index (χ1) is 15.4. The van der Waals surface area contributed by atoms with Crippen LogP contribution in [0.15, 0.2) is 55.1 Å². The Balaban J connectivity index is 1.43. The molecule has 0 spiro atoms. The maximum Gasteiger partial charge on any atom is 0.255 e. The van der Waals surface area contributed by atoms with Crippen molar-refractivity contribution in [1.82, 2.24) is 19.9 Å². The third-order valence-electron chi connectivity index (χ3n) is 5.65. The number of alkyl halides is 1. The molecule has 0 aromatic carbocycles. The van der Waals surface area contributed by atoms with Gasteiger partial charge in [0.2, 0.25) is 0 Å². The fourth-order valence-electron chi connectivity index (χ4n) is 3.59. The number of aryl methyl sites for hydroxylation is 1. The highest BCUT2D eigenvalue weighted by Crippen LogP contribution is 2.48. The molecular weight excluding hydrogens is 407 g/mol. The van der Waals surface area contributed by atoms with E-state index >= 15 is 0 Å². The highest BCUT2D eigenvalue weighted by atomic mass is 19.1. The number of rotatable bonds is 5. The molecule has 1 aliphatic rings. The number of hydrogen-bond donors (Lipinski definition) is 2. The largest absolute Gasteiger partial charge is 0.373 e. The summed E-state index contributed by atoms with van der Waals surface area (Å²) < 4.78 is 14.3. The van der Waals surface area contributed by atoms with Gasteiger partial charge in [0, 0.05) is 59.5 Å². The number of nitrogens with one attached hydrogen (secondary N) is 2. The molecule has 160 valence electrons. The molecule has 4 heterocycles. The summed E-state index contributed by atoms with van der Waals surface area (Å²) >= 11 is 0. The van der Waals surface area contributed by atoms with Crippen LogP contribution < -0.4 is 10.6 Å². The number of fused-ring (bicyclic) bond motifs is 1. The van der Waals surface area contributed by atoms with Crippen LogP contribution in [0.1, 0.15) is 34.6 Å². The second-order valence-electron chi connectivity index (χ2n) is 7.94. The Morgan fingerprint density at radius 1 is 1.03 bits per heavy atom. The predicted octanol–water partition coefficient (Wildman–Crippen LogP) is 4.65. The van der Waals surface area contributed by atoms with Gasteiger partial charge in [-0.1, -0.05) is 0 Å². The molecule has 1 amide bonds. The minimum atomic E-state index is -1.39. The van der Waals surface area contributed by atoms with Gasteiger partial charge in [-0.2, -0.15) is 0 Å². The van der Waals surface area contributed by atoms with Gasteiger partial charge in [-0.15, -0.1) is 0 Å². The molecule has 0 radical (unpaired) electrons. The van der Waals surface area contributed by atoms with Crippen molar-refractivity contribution in [2.24, 2.45) is 0 Å². The lowest BCUT2D eigenvalue weighted by Gasteiger charge is -2.11. The van der Waals surface area contributed by atoms with Crippen LogP contribution in [-0.2, 0) is 5.67 Å². The molecule has 1 saturated carbocycles. The van der Waals surface area contributed by atoms with Crippen molar-refractivity contribution >= 4 is 28.3 Å². The number of anilines is 2. The first-order valence-electron chi connectivity index (χ1n) is 10.3. The Morgan fingerprint density at radius 2 is 1.88 bits per heavy atom. The van der Waals surface area contributed by atoms with Crippen molar-refractivity contribution in [2.45, 2.75) is 25.4 Å². The van der Waals surface area contributed by atoms with Crippen LogP contribution in [-0.4, -0.2) is 32.9 Å². The molecule has 0 saturated heterocycles. The molecule has 1 fully saturated rings. The van der Waals surface area contributed by atoms with E-state index in [1.54, 1.807) is 24.7 Å². The minimum absolute atomic E-state index is 0.310. The Morgan fingerprint density at radius 3 is 2.66 bits per heavy atom. The zero-order chi connectivity index (χ0) is 22.3. The molecule has 5 rings (SSSR count). The molecule has 4 aromatic rings. The van der Waals surface area contributed by atoms with Crippen LogP contribution >= 0.6 is 0 Å². The van der Waals surface area contributed by atoms with E-state index in [0.29, 0.717) is 29.8 Å². The number of hydrogen-bond acceptors (Lipinski definition) is 6. The third-order valence-corrected chi connectivity index (χ3v) is 5.65. The van der Waals surface area contributed by atoms with E-state index < -0.39 is 5.67 Å². The number of amides is 1. The van der Waals surface area contributed by atoms with E-state index in [1.807, 2.05) is 32.2 Å². The van der Waals surface area contributed by atoms with Crippen LogP contribution in [0, 0.1) is 6.92 Å². The Kier molecular flexibility index (Phi) is 4.77. The van der Waals surface area contributed by atoms with Crippen LogP contribution in [0.3, 0.4) is 0 Å². The normalized spacial score (nSPS) is 14.2. The van der Waals surface area contributed by atoms with Gasteiger partial charge in [0.05, 0.1) is 23.1 Å². The quantitative estimate of drug-likeness (QED) is 0.481. The number of halogens is 1. The number of carbonyl (C=O) groups is 1. The summed E-state index contributed by atoms with van der Waals surface area (Å²) in [5.41, 5.74) is 3.19. The maximum atomic E-state index is 14.3. The van der Waals surface area contributed by atoms with Gasteiger partial charge in [-0.25, -0.2) is 9.37 Å². The zero-order valence-electron chi connectivity index (χ0n) is 17.7. The van der Waals surface area contributed by atoms with Gasteiger partial charge in [0.15, 0.2) is 5.67 Å². The molecule has 0 atom stereocenters. The second-order valence-corrected chi connectivity index (χ2v) is 7.94. The van der Waals surface area contributed by atoms with E-state index in [9.17, 15) is 9.18 Å². The molecule has 0 unspecified atom stereocenters. The van der Waals surface area contributed by atoms with Crippen molar-refractivity contribution in [3.63, 3.8) is 0 Å². The molecule has 4 aromatic heterocycles. The van der Waals surface area contributed by atoms with E-state index in [-0.39, 0.29) is 5.91 Å². The lowest BCUT2D eigenvalue weighted by atomic mass is 10.0. The minimum Gasteiger partial charge on any atom is -0.373 e. The Hall–Kier alpha value is -3.94. The first-order valence-corrected chi connectivity index (χ1v) is 10.3. The maximum absolute atomic E-state index is 14.3. The van der Waals surface area contributed by atoms with Crippen LogP contribution in [0.5, 0.6) is 0 Å². The van der Waals surface area contributed by atoms with Crippen LogP contribution in [0.25, 0.3) is 22.0 Å². The van der Waals surface area contributed by atoms with Crippen molar-refractivity contribution < 1.29 is 9.18 Å². The topological polar surface area (TPSA) is 92.7 Å². The van der Waals surface area contributed by atoms with Gasteiger partial charge in [0.25, 0.3) is 5.91 Å². The average molecular weight is 428 g/mol. The van der Waals surface area contributed by atoms with Crippen LogP contribution in [0.4, 0.5) is 15.9 Å². The van der Waals surface area contributed by atoms with E-state index in [0.717, 1.165) is 33.5 Å². The monoisotopic (exact) mass is 428 g/mol. The van der Waals surface area contributed by atoms with Gasteiger partial charge in [0.1, 0.15) is 5.82 Å². The number of nitrogens with zero attached hydrogens (tertiary/aromatic N) is 4. The molecule has 1 aliphatic carbocycles. The lowest BCUT2D eigenvalue weighted by Crippen LogP contribution is -2.14.